The molecule has 0 aliphatic rings. The van der Waals surface area contributed by atoms with Gasteiger partial charge >= 0.3 is 6.18 Å². The molecule has 6 heteroatoms. The molecular formula is C14H14ClF3N2. The molecule has 2 aromatic rings. The van der Waals surface area contributed by atoms with Crippen LogP contribution in [0.25, 0.3) is 0 Å². The first kappa shape index (κ1) is 14.9. The summed E-state index contributed by atoms with van der Waals surface area (Å²) < 4.78 is 39.0. The van der Waals surface area contributed by atoms with E-state index in [0.29, 0.717) is 6.54 Å². The lowest BCUT2D eigenvalue weighted by molar-refractivity contribution is -0.137. The van der Waals surface area contributed by atoms with Gasteiger partial charge < -0.3 is 0 Å². The average Bonchev–Trinajstić information content (AvgIpc) is 2.86. The summed E-state index contributed by atoms with van der Waals surface area (Å²) in [7, 11) is 0. The minimum Gasteiger partial charge on any atom is -0.268 e. The van der Waals surface area contributed by atoms with Gasteiger partial charge in [0.25, 0.3) is 0 Å². The predicted octanol–water partition coefficient (Wildman–Crippen LogP) is 4.64. The largest absolute Gasteiger partial charge is 0.416 e. The molecule has 2 nitrogen and oxygen atoms in total. The normalized spacial score (nSPS) is 13.4. The van der Waals surface area contributed by atoms with Crippen molar-refractivity contribution in [3.05, 3.63) is 53.3 Å². The Hall–Kier alpha value is -1.49. The molecule has 20 heavy (non-hydrogen) atoms. The van der Waals surface area contributed by atoms with E-state index in [0.717, 1.165) is 29.7 Å². The Labute approximate surface area is 120 Å². The lowest BCUT2D eigenvalue weighted by Crippen LogP contribution is -2.05. The van der Waals surface area contributed by atoms with Gasteiger partial charge in [-0.2, -0.15) is 18.3 Å². The van der Waals surface area contributed by atoms with Gasteiger partial charge in [0, 0.05) is 11.8 Å². The molecule has 0 amide bonds. The van der Waals surface area contributed by atoms with Crippen molar-refractivity contribution in [1.82, 2.24) is 9.78 Å². The Morgan fingerprint density at radius 1 is 1.25 bits per heavy atom. The number of rotatable bonds is 4. The number of aromatic nitrogens is 2. The van der Waals surface area contributed by atoms with Crippen molar-refractivity contribution >= 4 is 11.6 Å². The maximum Gasteiger partial charge on any atom is 0.416 e. The molecule has 1 atom stereocenters. The number of alkyl halides is 4. The van der Waals surface area contributed by atoms with Gasteiger partial charge in [-0.3, -0.25) is 4.68 Å². The van der Waals surface area contributed by atoms with Crippen LogP contribution >= 0.6 is 11.6 Å². The summed E-state index contributed by atoms with van der Waals surface area (Å²) in [6.07, 6.45) is 0.00197. The predicted molar refractivity (Wildman–Crippen MR) is 71.7 cm³/mol. The minimum absolute atomic E-state index is 0.0867. The fourth-order valence-electron chi connectivity index (χ4n) is 1.85. The molecule has 0 bridgehead atoms. The first-order valence-corrected chi connectivity index (χ1v) is 6.66. The molecule has 2 rings (SSSR count). The Morgan fingerprint density at radius 3 is 2.45 bits per heavy atom. The summed E-state index contributed by atoms with van der Waals surface area (Å²) in [6.45, 7) is 2.40. The van der Waals surface area contributed by atoms with Gasteiger partial charge in [0.05, 0.1) is 23.7 Å². The number of halogens is 4. The van der Waals surface area contributed by atoms with Gasteiger partial charge in [-0.25, -0.2) is 0 Å². The summed E-state index contributed by atoms with van der Waals surface area (Å²) in [4.78, 5) is 0. The van der Waals surface area contributed by atoms with Crippen LogP contribution in [0.2, 0.25) is 0 Å². The highest BCUT2D eigenvalue weighted by atomic mass is 35.5. The van der Waals surface area contributed by atoms with Crippen molar-refractivity contribution in [3.8, 4) is 0 Å². The van der Waals surface area contributed by atoms with E-state index in [9.17, 15) is 13.2 Å². The molecule has 0 radical (unpaired) electrons. The van der Waals surface area contributed by atoms with E-state index in [4.69, 9.17) is 11.6 Å². The quantitative estimate of drug-likeness (QED) is 0.752. The molecule has 0 N–H and O–H groups in total. The molecule has 0 aliphatic carbocycles. The van der Waals surface area contributed by atoms with E-state index in [-0.39, 0.29) is 5.38 Å². The first-order valence-electron chi connectivity index (χ1n) is 6.22. The van der Waals surface area contributed by atoms with E-state index >= 15 is 0 Å². The van der Waals surface area contributed by atoms with Crippen LogP contribution in [0.5, 0.6) is 0 Å². The monoisotopic (exact) mass is 302 g/mol. The van der Waals surface area contributed by atoms with E-state index in [2.05, 4.69) is 5.10 Å². The second kappa shape index (κ2) is 5.87. The molecule has 0 saturated heterocycles. The molecule has 1 aromatic carbocycles. The van der Waals surface area contributed by atoms with E-state index in [1.54, 1.807) is 10.9 Å². The van der Waals surface area contributed by atoms with Crippen molar-refractivity contribution in [3.63, 3.8) is 0 Å². The summed E-state index contributed by atoms with van der Waals surface area (Å²) in [5.41, 5.74) is 1.03. The summed E-state index contributed by atoms with van der Waals surface area (Å²) in [6, 6.07) is 5.08. The summed E-state index contributed by atoms with van der Waals surface area (Å²) in [5, 5.41) is 4.07. The lowest BCUT2D eigenvalue weighted by atomic mass is 10.1. The standard InChI is InChI=1S/C14H14ClF3N2/c1-2-13(15)11-7-19-20(9-11)8-10-3-5-12(6-4-10)14(16,17)18/h3-7,9,13H,2,8H2,1H3. The molecule has 1 aromatic heterocycles. The fourth-order valence-corrected chi connectivity index (χ4v) is 1.96. The number of hydrogen-bond acceptors (Lipinski definition) is 1. The second-order valence-electron chi connectivity index (χ2n) is 4.54. The van der Waals surface area contributed by atoms with E-state index in [1.807, 2.05) is 13.1 Å². The highest BCUT2D eigenvalue weighted by Gasteiger charge is 2.29. The SMILES string of the molecule is CCC(Cl)c1cnn(Cc2ccc(C(F)(F)F)cc2)c1. The molecule has 0 saturated carbocycles. The molecule has 108 valence electrons. The summed E-state index contributed by atoms with van der Waals surface area (Å²) in [5.74, 6) is 0. The molecular weight excluding hydrogens is 289 g/mol. The second-order valence-corrected chi connectivity index (χ2v) is 5.07. The van der Waals surface area contributed by atoms with Gasteiger partial charge in [-0.15, -0.1) is 11.6 Å². The van der Waals surface area contributed by atoms with Crippen molar-refractivity contribution in [2.45, 2.75) is 31.4 Å². The van der Waals surface area contributed by atoms with Crippen molar-refractivity contribution < 1.29 is 13.2 Å². The third-order valence-electron chi connectivity index (χ3n) is 3.00. The molecule has 1 heterocycles. The van der Waals surface area contributed by atoms with Crippen LogP contribution in [0.1, 0.15) is 35.4 Å². The minimum atomic E-state index is -4.30. The van der Waals surface area contributed by atoms with Crippen LogP contribution in [0.4, 0.5) is 13.2 Å². The van der Waals surface area contributed by atoms with E-state index in [1.165, 1.54) is 12.1 Å². The Bertz CT molecular complexity index is 561. The number of hydrogen-bond donors (Lipinski definition) is 0. The third-order valence-corrected chi connectivity index (χ3v) is 3.56. The van der Waals surface area contributed by atoms with Crippen molar-refractivity contribution in [2.75, 3.05) is 0 Å². The lowest BCUT2D eigenvalue weighted by Gasteiger charge is -2.07. The van der Waals surface area contributed by atoms with Crippen LogP contribution in [0.3, 0.4) is 0 Å². The average molecular weight is 303 g/mol. The maximum absolute atomic E-state index is 12.4. The first-order chi connectivity index (χ1) is 9.40. The van der Waals surface area contributed by atoms with Crippen molar-refractivity contribution in [1.29, 1.82) is 0 Å². The highest BCUT2D eigenvalue weighted by molar-refractivity contribution is 6.20. The number of nitrogens with zero attached hydrogens (tertiary/aromatic N) is 2. The van der Waals surface area contributed by atoms with Gasteiger partial charge in [0.2, 0.25) is 0 Å². The molecule has 0 fully saturated rings. The Balaban J connectivity index is 2.08. The smallest absolute Gasteiger partial charge is 0.268 e. The van der Waals surface area contributed by atoms with Crippen LogP contribution in [0.15, 0.2) is 36.7 Å². The third kappa shape index (κ3) is 3.54. The Kier molecular flexibility index (Phi) is 4.38. The molecule has 1 unspecified atom stereocenters. The highest BCUT2D eigenvalue weighted by Crippen LogP contribution is 2.29. The fraction of sp³-hybridized carbons (Fsp3) is 0.357. The molecule has 0 aliphatic heterocycles. The maximum atomic E-state index is 12.4. The van der Waals surface area contributed by atoms with Gasteiger partial charge in [-0.05, 0) is 24.1 Å². The summed E-state index contributed by atoms with van der Waals surface area (Å²) >= 11 is 6.10. The van der Waals surface area contributed by atoms with Gasteiger partial charge in [0.15, 0.2) is 0 Å². The van der Waals surface area contributed by atoms with Crippen molar-refractivity contribution in [2.24, 2.45) is 0 Å². The number of benzene rings is 1. The topological polar surface area (TPSA) is 17.8 Å². The van der Waals surface area contributed by atoms with E-state index < -0.39 is 11.7 Å². The zero-order valence-electron chi connectivity index (χ0n) is 10.9. The van der Waals surface area contributed by atoms with Gasteiger partial charge in [-0.1, -0.05) is 19.1 Å². The zero-order valence-corrected chi connectivity index (χ0v) is 11.6. The van der Waals surface area contributed by atoms with Crippen LogP contribution in [0, 0.1) is 0 Å². The van der Waals surface area contributed by atoms with Crippen LogP contribution < -0.4 is 0 Å². The molecule has 0 spiro atoms. The zero-order chi connectivity index (χ0) is 14.8. The van der Waals surface area contributed by atoms with Crippen LogP contribution in [-0.4, -0.2) is 9.78 Å². The van der Waals surface area contributed by atoms with Gasteiger partial charge in [0.1, 0.15) is 0 Å². The Morgan fingerprint density at radius 2 is 1.90 bits per heavy atom. The van der Waals surface area contributed by atoms with Crippen LogP contribution in [-0.2, 0) is 12.7 Å².